The topological polar surface area (TPSA) is 70.1 Å². The van der Waals surface area contributed by atoms with Gasteiger partial charge in [-0.2, -0.15) is 13.2 Å². The maximum absolute atomic E-state index is 13.5. The zero-order chi connectivity index (χ0) is 21.6. The molecule has 2 aliphatic rings. The Morgan fingerprint density at radius 2 is 1.97 bits per heavy atom. The van der Waals surface area contributed by atoms with E-state index in [1.54, 1.807) is 12.1 Å². The molecular formula is C19H22ClF3N2O4. The van der Waals surface area contributed by atoms with E-state index in [2.05, 4.69) is 4.74 Å². The Kier molecular flexibility index (Phi) is 5.75. The zero-order valence-corrected chi connectivity index (χ0v) is 16.8. The molecule has 0 spiro atoms. The van der Waals surface area contributed by atoms with Crippen LogP contribution in [0.1, 0.15) is 42.5 Å². The maximum atomic E-state index is 13.5. The van der Waals surface area contributed by atoms with Crippen molar-refractivity contribution in [1.82, 2.24) is 9.80 Å². The molecule has 1 N–H and O–H groups in total. The standard InChI is InChI=1S/C19H22ClF3N2O4/c1-18(29-2,19(21,22)23)16(26)24-7-5-11-8-12(20)9-13(14(11)10-24)15-4-3-6-25(15)17(27)28/h8-9,15H,3-7,10H2,1-2H3,(H,27,28)/t15-,18+/m0/s1. The molecule has 10 heteroatoms. The average molecular weight is 435 g/mol. The minimum atomic E-state index is -4.87. The molecule has 1 aromatic carbocycles. The lowest BCUT2D eigenvalue weighted by Crippen LogP contribution is -2.58. The summed E-state index contributed by atoms with van der Waals surface area (Å²) in [5.74, 6) is -1.17. The van der Waals surface area contributed by atoms with Crippen LogP contribution in [0.2, 0.25) is 5.02 Å². The highest BCUT2D eigenvalue weighted by Gasteiger charge is 2.59. The Hall–Kier alpha value is -2.00. The SMILES string of the molecule is CO[C@](C)(C(=O)N1CCc2cc(Cl)cc([C@@H]3CCCN3C(=O)O)c2C1)C(F)(F)F. The van der Waals surface area contributed by atoms with Crippen molar-refractivity contribution in [3.63, 3.8) is 0 Å². The number of nitrogens with zero attached hydrogens (tertiary/aromatic N) is 2. The lowest BCUT2D eigenvalue weighted by molar-refractivity contribution is -0.258. The van der Waals surface area contributed by atoms with Gasteiger partial charge in [-0.1, -0.05) is 11.6 Å². The van der Waals surface area contributed by atoms with E-state index in [9.17, 15) is 27.9 Å². The second-order valence-electron chi connectivity index (χ2n) is 7.48. The molecule has 0 radical (unpaired) electrons. The van der Waals surface area contributed by atoms with Crippen molar-refractivity contribution in [2.24, 2.45) is 0 Å². The van der Waals surface area contributed by atoms with Gasteiger partial charge in [-0.15, -0.1) is 0 Å². The fraction of sp³-hybridized carbons (Fsp3) is 0.579. The summed E-state index contributed by atoms with van der Waals surface area (Å²) >= 11 is 6.23. The molecule has 1 fully saturated rings. The number of carbonyl (C=O) groups excluding carboxylic acids is 1. The van der Waals surface area contributed by atoms with Crippen molar-refractivity contribution in [3.05, 3.63) is 33.8 Å². The molecule has 2 aliphatic heterocycles. The van der Waals surface area contributed by atoms with Crippen molar-refractivity contribution in [2.45, 2.75) is 50.6 Å². The number of methoxy groups -OCH3 is 1. The van der Waals surface area contributed by atoms with Crippen LogP contribution in [0.15, 0.2) is 12.1 Å². The number of ether oxygens (including phenoxy) is 1. The minimum Gasteiger partial charge on any atom is -0.465 e. The van der Waals surface area contributed by atoms with Gasteiger partial charge in [-0.25, -0.2) is 4.79 Å². The Labute approximate surface area is 171 Å². The third kappa shape index (κ3) is 3.77. The van der Waals surface area contributed by atoms with Crippen molar-refractivity contribution in [1.29, 1.82) is 0 Å². The lowest BCUT2D eigenvalue weighted by atomic mass is 9.89. The molecule has 0 bridgehead atoms. The summed E-state index contributed by atoms with van der Waals surface area (Å²) < 4.78 is 45.0. The minimum absolute atomic E-state index is 0.0559. The number of halogens is 4. The van der Waals surface area contributed by atoms with Crippen molar-refractivity contribution in [2.75, 3.05) is 20.2 Å². The fourth-order valence-electron chi connectivity index (χ4n) is 4.07. The van der Waals surface area contributed by atoms with Crippen LogP contribution < -0.4 is 0 Å². The Morgan fingerprint density at radius 1 is 1.28 bits per heavy atom. The molecule has 2 atom stereocenters. The molecule has 160 valence electrons. The summed E-state index contributed by atoms with van der Waals surface area (Å²) in [5, 5.41) is 9.91. The number of hydrogen-bond donors (Lipinski definition) is 1. The van der Waals surface area contributed by atoms with Crippen LogP contribution in [0.3, 0.4) is 0 Å². The molecule has 1 aromatic rings. The van der Waals surface area contributed by atoms with Crippen molar-refractivity contribution < 1.29 is 32.6 Å². The van der Waals surface area contributed by atoms with E-state index in [0.717, 1.165) is 24.5 Å². The summed E-state index contributed by atoms with van der Waals surface area (Å²) in [6.45, 7) is 1.13. The molecule has 3 rings (SSSR count). The largest absolute Gasteiger partial charge is 0.465 e. The Morgan fingerprint density at radius 3 is 2.55 bits per heavy atom. The number of amides is 2. The van der Waals surface area contributed by atoms with Gasteiger partial charge in [0.2, 0.25) is 5.60 Å². The molecule has 0 saturated carbocycles. The lowest BCUT2D eigenvalue weighted by Gasteiger charge is -2.38. The second-order valence-corrected chi connectivity index (χ2v) is 7.91. The van der Waals surface area contributed by atoms with E-state index in [1.807, 2.05) is 0 Å². The summed E-state index contributed by atoms with van der Waals surface area (Å²) in [4.78, 5) is 26.7. The quantitative estimate of drug-likeness (QED) is 0.780. The van der Waals surface area contributed by atoms with Crippen LogP contribution in [0.25, 0.3) is 0 Å². The second kappa shape index (κ2) is 7.68. The number of rotatable bonds is 3. The number of carboxylic acid groups (broad SMARTS) is 1. The van der Waals surface area contributed by atoms with Gasteiger partial charge in [-0.05, 0) is 55.0 Å². The van der Waals surface area contributed by atoms with Gasteiger partial charge in [0.15, 0.2) is 0 Å². The summed E-state index contributed by atoms with van der Waals surface area (Å²) in [6.07, 6.45) is -4.34. The first-order valence-corrected chi connectivity index (χ1v) is 9.59. The van der Waals surface area contributed by atoms with Gasteiger partial charge in [0, 0.05) is 31.8 Å². The molecule has 2 amide bonds. The van der Waals surface area contributed by atoms with Crippen LogP contribution in [0, 0.1) is 0 Å². The van der Waals surface area contributed by atoms with Crippen molar-refractivity contribution in [3.8, 4) is 0 Å². The summed E-state index contributed by atoms with van der Waals surface area (Å²) in [5.41, 5.74) is -0.818. The third-order valence-corrected chi connectivity index (χ3v) is 6.06. The number of likely N-dealkylation sites (tertiary alicyclic amines) is 1. The van der Waals surface area contributed by atoms with E-state index >= 15 is 0 Å². The monoisotopic (exact) mass is 434 g/mol. The van der Waals surface area contributed by atoms with Crippen LogP contribution in [0.4, 0.5) is 18.0 Å². The molecule has 29 heavy (non-hydrogen) atoms. The van der Waals surface area contributed by atoms with Gasteiger partial charge < -0.3 is 19.6 Å². The smallest absolute Gasteiger partial charge is 0.426 e. The number of fused-ring (bicyclic) bond motifs is 1. The first-order chi connectivity index (χ1) is 13.5. The highest BCUT2D eigenvalue weighted by atomic mass is 35.5. The maximum Gasteiger partial charge on any atom is 0.426 e. The van der Waals surface area contributed by atoms with Gasteiger partial charge in [-0.3, -0.25) is 4.79 Å². The number of carbonyl (C=O) groups is 2. The number of alkyl halides is 3. The summed E-state index contributed by atoms with van der Waals surface area (Å²) in [6, 6.07) is 2.94. The van der Waals surface area contributed by atoms with E-state index in [-0.39, 0.29) is 13.1 Å². The molecule has 0 aliphatic carbocycles. The fourth-order valence-corrected chi connectivity index (χ4v) is 4.32. The van der Waals surface area contributed by atoms with Crippen LogP contribution in [-0.2, 0) is 22.5 Å². The normalized spacial score (nSPS) is 21.7. The zero-order valence-electron chi connectivity index (χ0n) is 16.1. The van der Waals surface area contributed by atoms with E-state index < -0.39 is 29.8 Å². The number of benzene rings is 1. The van der Waals surface area contributed by atoms with E-state index in [0.29, 0.717) is 42.0 Å². The van der Waals surface area contributed by atoms with E-state index in [4.69, 9.17) is 11.6 Å². The molecular weight excluding hydrogens is 413 g/mol. The summed E-state index contributed by atoms with van der Waals surface area (Å²) in [7, 11) is 0.859. The van der Waals surface area contributed by atoms with Crippen LogP contribution in [-0.4, -0.2) is 58.9 Å². The molecule has 2 heterocycles. The Bertz CT molecular complexity index is 832. The van der Waals surface area contributed by atoms with E-state index in [1.165, 1.54) is 4.90 Å². The van der Waals surface area contributed by atoms with Gasteiger partial charge >= 0.3 is 12.3 Å². The first kappa shape index (κ1) is 21.7. The van der Waals surface area contributed by atoms with Crippen LogP contribution in [0.5, 0.6) is 0 Å². The highest BCUT2D eigenvalue weighted by molar-refractivity contribution is 6.30. The van der Waals surface area contributed by atoms with Gasteiger partial charge in [0.05, 0.1) is 6.04 Å². The Balaban J connectivity index is 1.97. The van der Waals surface area contributed by atoms with Crippen molar-refractivity contribution >= 4 is 23.6 Å². The molecule has 6 nitrogen and oxygen atoms in total. The highest BCUT2D eigenvalue weighted by Crippen LogP contribution is 2.40. The molecule has 1 saturated heterocycles. The predicted octanol–water partition coefficient (Wildman–Crippen LogP) is 4.01. The number of hydrogen-bond acceptors (Lipinski definition) is 3. The third-order valence-electron chi connectivity index (χ3n) is 5.84. The molecule has 0 aromatic heterocycles. The van der Waals surface area contributed by atoms with Gasteiger partial charge in [0.25, 0.3) is 5.91 Å². The first-order valence-electron chi connectivity index (χ1n) is 9.21. The van der Waals surface area contributed by atoms with Crippen LogP contribution >= 0.6 is 11.6 Å². The predicted molar refractivity (Wildman–Crippen MR) is 98.7 cm³/mol. The molecule has 0 unspecified atom stereocenters. The average Bonchev–Trinajstić information content (AvgIpc) is 3.14. The van der Waals surface area contributed by atoms with Gasteiger partial charge in [0.1, 0.15) is 0 Å².